The van der Waals surface area contributed by atoms with Crippen molar-refractivity contribution >= 4 is 11.9 Å². The maximum Gasteiger partial charge on any atom is 0.415 e. The van der Waals surface area contributed by atoms with Crippen molar-refractivity contribution < 1.29 is 32.6 Å². The van der Waals surface area contributed by atoms with Gasteiger partial charge in [0.2, 0.25) is 5.91 Å². The fourth-order valence-electron chi connectivity index (χ4n) is 1.56. The molecule has 1 amide bonds. The summed E-state index contributed by atoms with van der Waals surface area (Å²) >= 11 is 0. The number of carboxylic acids is 1. The summed E-state index contributed by atoms with van der Waals surface area (Å²) in [5.74, 6) is -2.50. The summed E-state index contributed by atoms with van der Waals surface area (Å²) < 4.78 is 42.4. The highest BCUT2D eigenvalue weighted by Crippen LogP contribution is 2.28. The number of aliphatic carboxylic acids is 1. The molecule has 0 aliphatic carbocycles. The Morgan fingerprint density at radius 2 is 2.00 bits per heavy atom. The molecule has 0 saturated carbocycles. The summed E-state index contributed by atoms with van der Waals surface area (Å²) in [7, 11) is 0. The average Bonchev–Trinajstić information content (AvgIpc) is 2.72. The van der Waals surface area contributed by atoms with Gasteiger partial charge in [0.05, 0.1) is 6.10 Å². The number of amides is 1. The Kier molecular flexibility index (Phi) is 4.41. The van der Waals surface area contributed by atoms with Gasteiger partial charge in [0.15, 0.2) is 11.6 Å². The van der Waals surface area contributed by atoms with E-state index in [1.807, 2.05) is 5.32 Å². The van der Waals surface area contributed by atoms with E-state index >= 15 is 0 Å². The molecule has 1 saturated heterocycles. The second-order valence-electron chi connectivity index (χ2n) is 4.57. The third kappa shape index (κ3) is 3.57. The predicted octanol–water partition coefficient (Wildman–Crippen LogP) is 0.0145. The lowest BCUT2D eigenvalue weighted by Crippen LogP contribution is -2.61. The van der Waals surface area contributed by atoms with Crippen molar-refractivity contribution in [2.24, 2.45) is 5.73 Å². The fraction of sp³-hybridized carbons (Fsp3) is 0.800. The van der Waals surface area contributed by atoms with Crippen LogP contribution in [0.2, 0.25) is 0 Å². The van der Waals surface area contributed by atoms with Crippen LogP contribution in [0.3, 0.4) is 0 Å². The van der Waals surface area contributed by atoms with Crippen molar-refractivity contribution in [3.8, 4) is 0 Å². The predicted molar refractivity (Wildman–Crippen MR) is 57.2 cm³/mol. The van der Waals surface area contributed by atoms with Crippen LogP contribution >= 0.6 is 0 Å². The normalized spacial score (nSPS) is 26.8. The molecule has 19 heavy (non-hydrogen) atoms. The minimum Gasteiger partial charge on any atom is -0.479 e. The smallest absolute Gasteiger partial charge is 0.415 e. The van der Waals surface area contributed by atoms with Crippen LogP contribution in [-0.2, 0) is 14.3 Å². The van der Waals surface area contributed by atoms with Crippen LogP contribution in [0, 0.1) is 0 Å². The number of alkyl halides is 3. The second kappa shape index (κ2) is 5.33. The van der Waals surface area contributed by atoms with Crippen LogP contribution in [-0.4, -0.2) is 47.5 Å². The first-order chi connectivity index (χ1) is 8.55. The zero-order valence-corrected chi connectivity index (χ0v) is 10.2. The molecule has 0 spiro atoms. The van der Waals surface area contributed by atoms with Gasteiger partial charge >= 0.3 is 12.1 Å². The summed E-state index contributed by atoms with van der Waals surface area (Å²) in [5.41, 5.74) is 1.94. The lowest BCUT2D eigenvalue weighted by Gasteiger charge is -2.26. The summed E-state index contributed by atoms with van der Waals surface area (Å²) in [6.07, 6.45) is -5.85. The first-order valence-corrected chi connectivity index (χ1v) is 5.58. The Hall–Kier alpha value is -1.35. The van der Waals surface area contributed by atoms with Crippen molar-refractivity contribution in [1.29, 1.82) is 0 Å². The topological polar surface area (TPSA) is 102 Å². The first-order valence-electron chi connectivity index (χ1n) is 5.58. The lowest BCUT2D eigenvalue weighted by molar-refractivity contribution is -0.187. The maximum absolute atomic E-state index is 12.5. The Morgan fingerprint density at radius 3 is 2.42 bits per heavy atom. The van der Waals surface area contributed by atoms with Crippen molar-refractivity contribution in [2.45, 2.75) is 43.7 Å². The quantitative estimate of drug-likeness (QED) is 0.675. The van der Waals surface area contributed by atoms with E-state index in [9.17, 15) is 22.8 Å². The summed E-state index contributed by atoms with van der Waals surface area (Å²) in [6, 6.07) is 0. The molecular weight excluding hydrogens is 269 g/mol. The molecule has 0 aromatic rings. The molecule has 0 radical (unpaired) electrons. The average molecular weight is 284 g/mol. The molecule has 3 atom stereocenters. The lowest BCUT2D eigenvalue weighted by atomic mass is 10.0. The Labute approximate surface area is 107 Å². The molecule has 6 nitrogen and oxygen atoms in total. The molecule has 0 bridgehead atoms. The molecule has 3 unspecified atom stereocenters. The number of hydrogen-bond acceptors (Lipinski definition) is 4. The first kappa shape index (κ1) is 15.7. The summed E-state index contributed by atoms with van der Waals surface area (Å²) in [5, 5.41) is 10.7. The van der Waals surface area contributed by atoms with Gasteiger partial charge in [0.1, 0.15) is 0 Å². The van der Waals surface area contributed by atoms with Gasteiger partial charge in [-0.2, -0.15) is 13.2 Å². The molecule has 1 aliphatic heterocycles. The van der Waals surface area contributed by atoms with E-state index in [2.05, 4.69) is 0 Å². The number of nitrogens with one attached hydrogen (secondary N) is 1. The van der Waals surface area contributed by atoms with E-state index in [0.29, 0.717) is 13.3 Å². The Morgan fingerprint density at radius 1 is 1.42 bits per heavy atom. The van der Waals surface area contributed by atoms with Gasteiger partial charge < -0.3 is 20.9 Å². The summed E-state index contributed by atoms with van der Waals surface area (Å²) in [6.45, 7) is 0.364. The van der Waals surface area contributed by atoms with Crippen LogP contribution in [0.25, 0.3) is 0 Å². The molecule has 4 N–H and O–H groups in total. The molecule has 1 aliphatic rings. The largest absolute Gasteiger partial charge is 0.479 e. The highest BCUT2D eigenvalue weighted by molar-refractivity contribution is 5.86. The number of ether oxygens (including phenoxy) is 1. The van der Waals surface area contributed by atoms with Gasteiger partial charge in [-0.05, 0) is 19.8 Å². The SMILES string of the molecule is CC(N)(C(=O)NCC1CCC(C(=O)O)O1)C(F)(F)F. The van der Waals surface area contributed by atoms with E-state index in [1.165, 1.54) is 0 Å². The number of hydrogen-bond donors (Lipinski definition) is 3. The number of halogens is 3. The Bertz CT molecular complexity index is 370. The molecule has 1 heterocycles. The molecular formula is C10H15F3N2O4. The van der Waals surface area contributed by atoms with E-state index < -0.39 is 35.8 Å². The van der Waals surface area contributed by atoms with Gasteiger partial charge in [0, 0.05) is 6.54 Å². The second-order valence-corrected chi connectivity index (χ2v) is 4.57. The molecule has 0 aromatic carbocycles. The van der Waals surface area contributed by atoms with E-state index in [0.717, 1.165) is 0 Å². The van der Waals surface area contributed by atoms with Crippen LogP contribution < -0.4 is 11.1 Å². The molecule has 9 heteroatoms. The highest BCUT2D eigenvalue weighted by Gasteiger charge is 2.54. The van der Waals surface area contributed by atoms with Crippen LogP contribution in [0.1, 0.15) is 19.8 Å². The van der Waals surface area contributed by atoms with Gasteiger partial charge in [-0.1, -0.05) is 0 Å². The number of carbonyl (C=O) groups excluding carboxylic acids is 1. The number of carbonyl (C=O) groups is 2. The van der Waals surface area contributed by atoms with Crippen molar-refractivity contribution in [3.05, 3.63) is 0 Å². The molecule has 0 aromatic heterocycles. The van der Waals surface area contributed by atoms with Gasteiger partial charge in [-0.25, -0.2) is 4.79 Å². The van der Waals surface area contributed by atoms with Gasteiger partial charge in [0.25, 0.3) is 0 Å². The fourth-order valence-corrected chi connectivity index (χ4v) is 1.56. The monoisotopic (exact) mass is 284 g/mol. The van der Waals surface area contributed by atoms with E-state index in [1.54, 1.807) is 0 Å². The van der Waals surface area contributed by atoms with Crippen molar-refractivity contribution in [3.63, 3.8) is 0 Å². The van der Waals surface area contributed by atoms with Crippen molar-refractivity contribution in [1.82, 2.24) is 5.32 Å². The van der Waals surface area contributed by atoms with Crippen LogP contribution in [0.5, 0.6) is 0 Å². The number of carboxylic acid groups (broad SMARTS) is 1. The van der Waals surface area contributed by atoms with Crippen LogP contribution in [0.15, 0.2) is 0 Å². The minimum atomic E-state index is -4.86. The Balaban J connectivity index is 2.46. The zero-order valence-electron chi connectivity index (χ0n) is 10.2. The van der Waals surface area contributed by atoms with Gasteiger partial charge in [-0.15, -0.1) is 0 Å². The van der Waals surface area contributed by atoms with E-state index in [4.69, 9.17) is 15.6 Å². The highest BCUT2D eigenvalue weighted by atomic mass is 19.4. The van der Waals surface area contributed by atoms with Crippen molar-refractivity contribution in [2.75, 3.05) is 6.54 Å². The molecule has 1 fully saturated rings. The zero-order chi connectivity index (χ0) is 14.8. The molecule has 1 rings (SSSR count). The third-order valence-corrected chi connectivity index (χ3v) is 2.93. The van der Waals surface area contributed by atoms with Crippen LogP contribution in [0.4, 0.5) is 13.2 Å². The summed E-state index contributed by atoms with van der Waals surface area (Å²) in [4.78, 5) is 22.0. The third-order valence-electron chi connectivity index (χ3n) is 2.93. The standard InChI is InChI=1S/C10H15F3N2O4/c1-9(14,10(11,12)13)8(18)15-4-5-2-3-6(19-5)7(16)17/h5-6H,2-4,14H2,1H3,(H,15,18)(H,16,17). The minimum absolute atomic E-state index is 0.203. The number of rotatable bonds is 4. The maximum atomic E-state index is 12.5. The number of nitrogens with two attached hydrogens (primary N) is 1. The van der Waals surface area contributed by atoms with E-state index in [-0.39, 0.29) is 13.0 Å². The van der Waals surface area contributed by atoms with Gasteiger partial charge in [-0.3, -0.25) is 4.79 Å². The molecule has 110 valence electrons.